The van der Waals surface area contributed by atoms with Gasteiger partial charge in [0.25, 0.3) is 0 Å². The first kappa shape index (κ1) is 16.8. The van der Waals surface area contributed by atoms with Gasteiger partial charge in [-0.15, -0.1) is 0 Å². The van der Waals surface area contributed by atoms with Crippen LogP contribution in [0.4, 0.5) is 11.8 Å². The van der Waals surface area contributed by atoms with E-state index in [0.29, 0.717) is 23.3 Å². The van der Waals surface area contributed by atoms with Crippen LogP contribution in [0.25, 0.3) is 10.9 Å². The zero-order valence-electron chi connectivity index (χ0n) is 14.5. The molecular formula is C19H22N4O2. The average Bonchev–Trinajstić information content (AvgIpc) is 2.65. The predicted octanol–water partition coefficient (Wildman–Crippen LogP) is 3.27. The molecule has 0 atom stereocenters. The Morgan fingerprint density at radius 2 is 1.72 bits per heavy atom. The van der Waals surface area contributed by atoms with E-state index in [1.54, 1.807) is 26.4 Å². The Balaban J connectivity index is 1.71. The van der Waals surface area contributed by atoms with Crippen molar-refractivity contribution in [2.24, 2.45) is 0 Å². The van der Waals surface area contributed by atoms with Gasteiger partial charge in [-0.3, -0.25) is 0 Å². The molecule has 2 aromatic carbocycles. The molecule has 0 aliphatic heterocycles. The number of benzene rings is 2. The Kier molecular flexibility index (Phi) is 5.18. The van der Waals surface area contributed by atoms with Crippen molar-refractivity contribution in [2.45, 2.75) is 12.8 Å². The number of hydrogen-bond donors (Lipinski definition) is 2. The highest BCUT2D eigenvalue weighted by molar-refractivity contribution is 5.91. The summed E-state index contributed by atoms with van der Waals surface area (Å²) >= 11 is 0. The van der Waals surface area contributed by atoms with Crippen LogP contribution in [0.2, 0.25) is 0 Å². The molecule has 1 heterocycles. The summed E-state index contributed by atoms with van der Waals surface area (Å²) < 4.78 is 10.6. The number of fused-ring (bicyclic) bond motifs is 1. The second-order valence-corrected chi connectivity index (χ2v) is 5.67. The third-order valence-electron chi connectivity index (χ3n) is 4.00. The summed E-state index contributed by atoms with van der Waals surface area (Å²) in [5, 5.41) is 3.98. The fraction of sp³-hybridized carbons (Fsp3) is 0.263. The van der Waals surface area contributed by atoms with E-state index >= 15 is 0 Å². The van der Waals surface area contributed by atoms with Gasteiger partial charge in [0.2, 0.25) is 5.95 Å². The van der Waals surface area contributed by atoms with Crippen LogP contribution in [0.3, 0.4) is 0 Å². The van der Waals surface area contributed by atoms with Gasteiger partial charge in [0.15, 0.2) is 11.5 Å². The molecule has 0 unspecified atom stereocenters. The standard InChI is InChI=1S/C19H22N4O2/c1-24-16-11-14-15(12-17(16)25-2)22-19(23-18(14)20)21-10-6-9-13-7-4-3-5-8-13/h3-5,7-8,11-12H,6,9-10H2,1-2H3,(H3,20,21,22,23). The molecule has 0 aliphatic rings. The van der Waals surface area contributed by atoms with Crippen molar-refractivity contribution >= 4 is 22.7 Å². The molecule has 25 heavy (non-hydrogen) atoms. The maximum absolute atomic E-state index is 6.08. The number of nitrogens with two attached hydrogens (primary N) is 1. The highest BCUT2D eigenvalue weighted by Gasteiger charge is 2.11. The third kappa shape index (κ3) is 3.91. The number of rotatable bonds is 7. The molecule has 6 nitrogen and oxygen atoms in total. The average molecular weight is 338 g/mol. The fourth-order valence-electron chi connectivity index (χ4n) is 2.70. The van der Waals surface area contributed by atoms with Crippen LogP contribution in [0.5, 0.6) is 11.5 Å². The van der Waals surface area contributed by atoms with Crippen LogP contribution in [-0.4, -0.2) is 30.7 Å². The van der Waals surface area contributed by atoms with E-state index < -0.39 is 0 Å². The van der Waals surface area contributed by atoms with Crippen molar-refractivity contribution < 1.29 is 9.47 Å². The lowest BCUT2D eigenvalue weighted by Gasteiger charge is -2.11. The number of aromatic nitrogens is 2. The topological polar surface area (TPSA) is 82.3 Å². The molecule has 0 saturated carbocycles. The SMILES string of the molecule is COc1cc2nc(NCCCc3ccccc3)nc(N)c2cc1OC. The van der Waals surface area contributed by atoms with Gasteiger partial charge >= 0.3 is 0 Å². The van der Waals surface area contributed by atoms with Crippen molar-refractivity contribution in [1.29, 1.82) is 0 Å². The summed E-state index contributed by atoms with van der Waals surface area (Å²) in [5.41, 5.74) is 8.12. The molecule has 130 valence electrons. The van der Waals surface area contributed by atoms with Crippen LogP contribution >= 0.6 is 0 Å². The van der Waals surface area contributed by atoms with E-state index in [0.717, 1.165) is 30.3 Å². The van der Waals surface area contributed by atoms with Gasteiger partial charge < -0.3 is 20.5 Å². The number of nitrogens with zero attached hydrogens (tertiary/aromatic N) is 2. The first-order valence-electron chi connectivity index (χ1n) is 8.18. The van der Waals surface area contributed by atoms with Gasteiger partial charge in [0.1, 0.15) is 5.82 Å². The summed E-state index contributed by atoms with van der Waals surface area (Å²) in [6.07, 6.45) is 1.99. The minimum atomic E-state index is 0.413. The molecule has 3 N–H and O–H groups in total. The molecule has 1 aromatic heterocycles. The highest BCUT2D eigenvalue weighted by Crippen LogP contribution is 2.33. The molecule has 3 rings (SSSR count). The molecule has 0 radical (unpaired) electrons. The first-order valence-corrected chi connectivity index (χ1v) is 8.18. The lowest BCUT2D eigenvalue weighted by molar-refractivity contribution is 0.356. The molecular weight excluding hydrogens is 316 g/mol. The summed E-state index contributed by atoms with van der Waals surface area (Å²) in [4.78, 5) is 8.86. The molecule has 0 bridgehead atoms. The van der Waals surface area contributed by atoms with Crippen LogP contribution in [0.1, 0.15) is 12.0 Å². The molecule has 6 heteroatoms. The van der Waals surface area contributed by atoms with Gasteiger partial charge in [-0.05, 0) is 24.5 Å². The van der Waals surface area contributed by atoms with Crippen molar-refractivity contribution in [2.75, 3.05) is 31.8 Å². The Morgan fingerprint density at radius 1 is 1.00 bits per heavy atom. The van der Waals surface area contributed by atoms with Crippen molar-refractivity contribution in [3.8, 4) is 11.5 Å². The minimum absolute atomic E-state index is 0.413. The third-order valence-corrected chi connectivity index (χ3v) is 4.00. The number of hydrogen-bond acceptors (Lipinski definition) is 6. The summed E-state index contributed by atoms with van der Waals surface area (Å²) in [5.74, 6) is 2.15. The largest absolute Gasteiger partial charge is 0.493 e. The second-order valence-electron chi connectivity index (χ2n) is 5.67. The number of aryl methyl sites for hydroxylation is 1. The lowest BCUT2D eigenvalue weighted by atomic mass is 10.1. The van der Waals surface area contributed by atoms with E-state index in [2.05, 4.69) is 39.6 Å². The number of methoxy groups -OCH3 is 2. The van der Waals surface area contributed by atoms with E-state index in [1.807, 2.05) is 6.07 Å². The van der Waals surface area contributed by atoms with Crippen LogP contribution in [-0.2, 0) is 6.42 Å². The maximum atomic E-state index is 6.08. The molecule has 0 spiro atoms. The zero-order chi connectivity index (χ0) is 17.6. The number of nitrogen functional groups attached to an aromatic ring is 1. The summed E-state index contributed by atoms with van der Waals surface area (Å²) in [7, 11) is 3.18. The van der Waals surface area contributed by atoms with Crippen LogP contribution in [0, 0.1) is 0 Å². The minimum Gasteiger partial charge on any atom is -0.493 e. The normalized spacial score (nSPS) is 10.6. The Hall–Kier alpha value is -3.02. The fourth-order valence-corrected chi connectivity index (χ4v) is 2.70. The number of anilines is 2. The Morgan fingerprint density at radius 3 is 2.44 bits per heavy atom. The predicted molar refractivity (Wildman–Crippen MR) is 100 cm³/mol. The summed E-state index contributed by atoms with van der Waals surface area (Å²) in [6, 6.07) is 14.0. The van der Waals surface area contributed by atoms with E-state index in [-0.39, 0.29) is 0 Å². The van der Waals surface area contributed by atoms with E-state index in [9.17, 15) is 0 Å². The maximum Gasteiger partial charge on any atom is 0.225 e. The molecule has 0 saturated heterocycles. The molecule has 0 fully saturated rings. The van der Waals surface area contributed by atoms with Crippen molar-refractivity contribution in [3.05, 3.63) is 48.0 Å². The molecule has 0 amide bonds. The van der Waals surface area contributed by atoms with Gasteiger partial charge in [-0.1, -0.05) is 30.3 Å². The highest BCUT2D eigenvalue weighted by atomic mass is 16.5. The molecule has 0 aliphatic carbocycles. The Labute approximate surface area is 147 Å². The number of ether oxygens (including phenoxy) is 2. The summed E-state index contributed by atoms with van der Waals surface area (Å²) in [6.45, 7) is 0.771. The van der Waals surface area contributed by atoms with E-state index in [1.165, 1.54) is 5.56 Å². The van der Waals surface area contributed by atoms with Gasteiger partial charge in [-0.25, -0.2) is 4.98 Å². The lowest BCUT2D eigenvalue weighted by Crippen LogP contribution is -2.08. The second kappa shape index (κ2) is 7.70. The van der Waals surface area contributed by atoms with Crippen molar-refractivity contribution in [3.63, 3.8) is 0 Å². The van der Waals surface area contributed by atoms with E-state index in [4.69, 9.17) is 15.2 Å². The first-order chi connectivity index (χ1) is 12.2. The van der Waals surface area contributed by atoms with Gasteiger partial charge in [0.05, 0.1) is 19.7 Å². The zero-order valence-corrected chi connectivity index (χ0v) is 14.5. The van der Waals surface area contributed by atoms with Gasteiger partial charge in [-0.2, -0.15) is 4.98 Å². The quantitative estimate of drug-likeness (QED) is 0.643. The monoisotopic (exact) mass is 338 g/mol. The van der Waals surface area contributed by atoms with Crippen LogP contribution in [0.15, 0.2) is 42.5 Å². The van der Waals surface area contributed by atoms with Crippen molar-refractivity contribution in [1.82, 2.24) is 9.97 Å². The number of nitrogens with one attached hydrogen (secondary N) is 1. The Bertz CT molecular complexity index is 853. The van der Waals surface area contributed by atoms with Crippen LogP contribution < -0.4 is 20.5 Å². The van der Waals surface area contributed by atoms with Gasteiger partial charge in [0, 0.05) is 18.0 Å². The smallest absolute Gasteiger partial charge is 0.225 e. The molecule has 3 aromatic rings.